The first-order valence-electron chi connectivity index (χ1n) is 12.2. The quantitative estimate of drug-likeness (QED) is 0.228. The van der Waals surface area contributed by atoms with Gasteiger partial charge >= 0.3 is 0 Å². The van der Waals surface area contributed by atoms with E-state index in [1.165, 1.54) is 11.8 Å². The molecule has 1 N–H and O–H groups in total. The van der Waals surface area contributed by atoms with Crippen LogP contribution in [-0.2, 0) is 17.8 Å². The SMILES string of the molecule is C=CCc1cc(/C=C2/SC(=Nc3ccc(OCC)cc3)NC2=O)cc(OCC)c1OCc1ccccc1. The molecule has 0 aliphatic carbocycles. The number of thioether (sulfide) groups is 1. The number of nitrogens with one attached hydrogen (secondary N) is 1. The molecule has 1 fully saturated rings. The summed E-state index contributed by atoms with van der Waals surface area (Å²) < 4.78 is 17.6. The van der Waals surface area contributed by atoms with Crippen LogP contribution in [0.5, 0.6) is 17.2 Å². The van der Waals surface area contributed by atoms with Crippen LogP contribution >= 0.6 is 11.8 Å². The van der Waals surface area contributed by atoms with Crippen LogP contribution in [-0.4, -0.2) is 24.3 Å². The first-order valence-corrected chi connectivity index (χ1v) is 13.0. The summed E-state index contributed by atoms with van der Waals surface area (Å²) in [6, 6.07) is 21.3. The molecule has 4 rings (SSSR count). The van der Waals surface area contributed by atoms with Gasteiger partial charge in [-0.3, -0.25) is 4.79 Å². The van der Waals surface area contributed by atoms with E-state index in [0.717, 1.165) is 28.1 Å². The highest BCUT2D eigenvalue weighted by Gasteiger charge is 2.24. The number of aliphatic imine (C=N–C) groups is 1. The molecule has 37 heavy (non-hydrogen) atoms. The molecular formula is C30H30N2O4S. The number of allylic oxidation sites excluding steroid dienone is 1. The summed E-state index contributed by atoms with van der Waals surface area (Å²) in [6.45, 7) is 9.29. The lowest BCUT2D eigenvalue weighted by molar-refractivity contribution is -0.115. The summed E-state index contributed by atoms with van der Waals surface area (Å²) in [5.41, 5.74) is 3.58. The van der Waals surface area contributed by atoms with Gasteiger partial charge in [0.15, 0.2) is 16.7 Å². The van der Waals surface area contributed by atoms with Crippen LogP contribution in [0.4, 0.5) is 5.69 Å². The summed E-state index contributed by atoms with van der Waals surface area (Å²) in [6.07, 6.45) is 4.28. The standard InChI is InChI=1S/C30H30N2O4S/c1-4-10-23-17-22(18-26(35-6-3)28(23)36-20-21-11-8-7-9-12-21)19-27-29(33)32-30(37-27)31-24-13-15-25(16-14-24)34-5-2/h4,7-9,11-19H,1,5-6,10,20H2,2-3H3,(H,31,32,33)/b27-19+. The van der Waals surface area contributed by atoms with Crippen LogP contribution in [0.3, 0.4) is 0 Å². The van der Waals surface area contributed by atoms with Gasteiger partial charge in [-0.2, -0.15) is 0 Å². The molecule has 0 aromatic heterocycles. The average Bonchev–Trinajstić information content (AvgIpc) is 3.24. The van der Waals surface area contributed by atoms with Crippen molar-refractivity contribution in [1.82, 2.24) is 5.32 Å². The van der Waals surface area contributed by atoms with Gasteiger partial charge in [0.25, 0.3) is 5.91 Å². The highest BCUT2D eigenvalue weighted by molar-refractivity contribution is 8.18. The molecule has 0 spiro atoms. The Labute approximate surface area is 222 Å². The fourth-order valence-corrected chi connectivity index (χ4v) is 4.60. The van der Waals surface area contributed by atoms with Gasteiger partial charge in [-0.15, -0.1) is 6.58 Å². The predicted molar refractivity (Wildman–Crippen MR) is 151 cm³/mol. The van der Waals surface area contributed by atoms with Gasteiger partial charge in [0.2, 0.25) is 0 Å². The van der Waals surface area contributed by atoms with Gasteiger partial charge in [-0.05, 0) is 85.6 Å². The maximum absolute atomic E-state index is 12.7. The summed E-state index contributed by atoms with van der Waals surface area (Å²) in [5.74, 6) is 1.92. The number of hydrogen-bond acceptors (Lipinski definition) is 6. The molecule has 0 radical (unpaired) electrons. The Morgan fingerprint density at radius 2 is 1.73 bits per heavy atom. The monoisotopic (exact) mass is 514 g/mol. The van der Waals surface area contributed by atoms with Crippen molar-refractivity contribution in [3.05, 3.63) is 101 Å². The third kappa shape index (κ3) is 7.05. The molecule has 6 nitrogen and oxygen atoms in total. The average molecular weight is 515 g/mol. The van der Waals surface area contributed by atoms with E-state index in [2.05, 4.69) is 16.9 Å². The van der Waals surface area contributed by atoms with Crippen molar-refractivity contribution in [3.63, 3.8) is 0 Å². The van der Waals surface area contributed by atoms with Crippen molar-refractivity contribution in [1.29, 1.82) is 0 Å². The van der Waals surface area contributed by atoms with Crippen molar-refractivity contribution in [2.24, 2.45) is 4.99 Å². The number of amides is 1. The molecule has 1 amide bonds. The van der Waals surface area contributed by atoms with Crippen molar-refractivity contribution in [3.8, 4) is 17.2 Å². The van der Waals surface area contributed by atoms with E-state index in [1.807, 2.05) is 92.7 Å². The fourth-order valence-electron chi connectivity index (χ4n) is 3.76. The lowest BCUT2D eigenvalue weighted by atomic mass is 10.0. The van der Waals surface area contributed by atoms with E-state index in [0.29, 0.717) is 47.8 Å². The second kappa shape index (κ2) is 12.8. The Kier molecular flexibility index (Phi) is 9.05. The summed E-state index contributed by atoms with van der Waals surface area (Å²) in [4.78, 5) is 17.8. The third-order valence-electron chi connectivity index (χ3n) is 5.37. The Bertz CT molecular complexity index is 1300. The van der Waals surface area contributed by atoms with Crippen molar-refractivity contribution >= 4 is 34.6 Å². The summed E-state index contributed by atoms with van der Waals surface area (Å²) in [7, 11) is 0. The summed E-state index contributed by atoms with van der Waals surface area (Å²) >= 11 is 1.30. The van der Waals surface area contributed by atoms with Crippen molar-refractivity contribution < 1.29 is 19.0 Å². The number of benzene rings is 3. The zero-order valence-corrected chi connectivity index (χ0v) is 21.8. The minimum atomic E-state index is -0.192. The molecule has 0 unspecified atom stereocenters. The van der Waals surface area contributed by atoms with Crippen LogP contribution in [0.25, 0.3) is 6.08 Å². The predicted octanol–water partition coefficient (Wildman–Crippen LogP) is 6.68. The van der Waals surface area contributed by atoms with Gasteiger partial charge in [0.05, 0.1) is 23.8 Å². The first kappa shape index (κ1) is 26.1. The number of carbonyl (C=O) groups excluding carboxylic acids is 1. The lowest BCUT2D eigenvalue weighted by Gasteiger charge is -2.17. The van der Waals surface area contributed by atoms with Crippen LogP contribution < -0.4 is 19.5 Å². The van der Waals surface area contributed by atoms with E-state index in [9.17, 15) is 4.79 Å². The zero-order valence-electron chi connectivity index (χ0n) is 21.0. The van der Waals surface area contributed by atoms with Gasteiger partial charge in [-0.25, -0.2) is 4.99 Å². The minimum absolute atomic E-state index is 0.192. The van der Waals surface area contributed by atoms with Crippen LogP contribution in [0.2, 0.25) is 0 Å². The molecule has 0 saturated carbocycles. The van der Waals surface area contributed by atoms with E-state index in [1.54, 1.807) is 0 Å². The van der Waals surface area contributed by atoms with Gasteiger partial charge in [0, 0.05) is 5.56 Å². The molecule has 3 aromatic rings. The number of nitrogens with zero attached hydrogens (tertiary/aromatic N) is 1. The van der Waals surface area contributed by atoms with Gasteiger partial charge in [-0.1, -0.05) is 36.4 Å². The maximum atomic E-state index is 12.7. The number of carbonyl (C=O) groups is 1. The van der Waals surface area contributed by atoms with Gasteiger partial charge < -0.3 is 19.5 Å². The van der Waals surface area contributed by atoms with Crippen molar-refractivity contribution in [2.75, 3.05) is 13.2 Å². The molecular weight excluding hydrogens is 484 g/mol. The zero-order chi connectivity index (χ0) is 26.0. The molecule has 0 atom stereocenters. The molecule has 1 saturated heterocycles. The Hall–Kier alpha value is -3.97. The highest BCUT2D eigenvalue weighted by atomic mass is 32.2. The van der Waals surface area contributed by atoms with Crippen molar-refractivity contribution in [2.45, 2.75) is 26.9 Å². The topological polar surface area (TPSA) is 69.2 Å². The molecule has 1 aliphatic rings. The molecule has 190 valence electrons. The largest absolute Gasteiger partial charge is 0.494 e. The van der Waals surface area contributed by atoms with E-state index in [4.69, 9.17) is 14.2 Å². The van der Waals surface area contributed by atoms with E-state index in [-0.39, 0.29) is 5.91 Å². The Morgan fingerprint density at radius 1 is 0.973 bits per heavy atom. The van der Waals surface area contributed by atoms with Crippen LogP contribution in [0, 0.1) is 0 Å². The molecule has 1 aliphatic heterocycles. The maximum Gasteiger partial charge on any atom is 0.264 e. The highest BCUT2D eigenvalue weighted by Crippen LogP contribution is 2.37. The summed E-state index contributed by atoms with van der Waals surface area (Å²) in [5, 5.41) is 3.37. The smallest absolute Gasteiger partial charge is 0.264 e. The number of amidine groups is 1. The first-order chi connectivity index (χ1) is 18.1. The van der Waals surface area contributed by atoms with Gasteiger partial charge in [0.1, 0.15) is 12.4 Å². The van der Waals surface area contributed by atoms with Crippen LogP contribution in [0.15, 0.2) is 89.3 Å². The number of hydrogen-bond donors (Lipinski definition) is 1. The Morgan fingerprint density at radius 3 is 2.43 bits per heavy atom. The Balaban J connectivity index is 1.58. The number of rotatable bonds is 11. The second-order valence-corrected chi connectivity index (χ2v) is 9.15. The second-order valence-electron chi connectivity index (χ2n) is 8.12. The molecule has 1 heterocycles. The van der Waals surface area contributed by atoms with E-state index >= 15 is 0 Å². The third-order valence-corrected chi connectivity index (χ3v) is 6.28. The normalized spacial score (nSPS) is 15.0. The lowest BCUT2D eigenvalue weighted by Crippen LogP contribution is -2.19. The molecule has 3 aromatic carbocycles. The fraction of sp³-hybridized carbons (Fsp3) is 0.200. The van der Waals surface area contributed by atoms with Crippen LogP contribution in [0.1, 0.15) is 30.5 Å². The molecule has 7 heteroatoms. The molecule has 0 bridgehead atoms. The number of ether oxygens (including phenoxy) is 3. The minimum Gasteiger partial charge on any atom is -0.494 e. The van der Waals surface area contributed by atoms with E-state index < -0.39 is 0 Å².